The molecule has 0 aromatic heterocycles. The number of Topliss-reactive ketones (excluding diaryl/α,β-unsaturated/α-hetero) is 1. The highest BCUT2D eigenvalue weighted by Crippen LogP contribution is 2.36. The molecule has 1 amide bonds. The number of ketones is 1. The van der Waals surface area contributed by atoms with Crippen LogP contribution in [0, 0.1) is 0 Å². The summed E-state index contributed by atoms with van der Waals surface area (Å²) in [6.07, 6.45) is -5.89. The summed E-state index contributed by atoms with van der Waals surface area (Å²) in [4.78, 5) is 24.2. The van der Waals surface area contributed by atoms with Crippen LogP contribution in [0.3, 0.4) is 0 Å². The lowest BCUT2D eigenvalue weighted by molar-refractivity contribution is -0.137. The monoisotopic (exact) mass is 289 g/mol. The number of hydrogen-bond acceptors (Lipinski definition) is 4. The zero-order valence-electron chi connectivity index (χ0n) is 10.0. The van der Waals surface area contributed by atoms with Crippen LogP contribution in [0.15, 0.2) is 18.2 Å². The number of fused-ring (bicyclic) bond motifs is 1. The van der Waals surface area contributed by atoms with Gasteiger partial charge in [-0.2, -0.15) is 13.2 Å². The standard InChI is InChI=1S/C12H10F3NO4/c13-12(14,15)6-1-2-9-8(3-6)10(19)11(20)16(9)4-7(18)5-17/h1-3,7,17-18H,4-5H2. The summed E-state index contributed by atoms with van der Waals surface area (Å²) in [5.74, 6) is -2.08. The van der Waals surface area contributed by atoms with Gasteiger partial charge in [0.25, 0.3) is 11.7 Å². The van der Waals surface area contributed by atoms with E-state index in [1.807, 2.05) is 0 Å². The van der Waals surface area contributed by atoms with Gasteiger partial charge in [0.1, 0.15) is 0 Å². The van der Waals surface area contributed by atoms with Crippen LogP contribution in [0.2, 0.25) is 0 Å². The molecule has 20 heavy (non-hydrogen) atoms. The summed E-state index contributed by atoms with van der Waals surface area (Å²) in [5.41, 5.74) is -1.38. The second-order valence-corrected chi connectivity index (χ2v) is 4.31. The maximum Gasteiger partial charge on any atom is 0.416 e. The number of carbonyl (C=O) groups excluding carboxylic acids is 2. The minimum absolute atomic E-state index is 0.000463. The molecular weight excluding hydrogens is 279 g/mol. The van der Waals surface area contributed by atoms with E-state index in [1.54, 1.807) is 0 Å². The van der Waals surface area contributed by atoms with E-state index in [0.717, 1.165) is 17.0 Å². The van der Waals surface area contributed by atoms with Crippen molar-refractivity contribution >= 4 is 17.4 Å². The number of anilines is 1. The molecule has 1 heterocycles. The number of rotatable bonds is 3. The molecule has 0 bridgehead atoms. The lowest BCUT2D eigenvalue weighted by atomic mass is 10.1. The molecule has 8 heteroatoms. The third-order valence-corrected chi connectivity index (χ3v) is 2.90. The number of aliphatic hydroxyl groups excluding tert-OH is 2. The van der Waals surface area contributed by atoms with E-state index in [1.165, 1.54) is 0 Å². The number of carbonyl (C=O) groups is 2. The number of β-amino-alcohol motifs (C(OH)–C–C–N with tert-alkyl or cyclic N) is 1. The number of amides is 1. The molecule has 1 aliphatic heterocycles. The maximum absolute atomic E-state index is 12.6. The minimum atomic E-state index is -4.61. The predicted octanol–water partition coefficient (Wildman–Crippen LogP) is 0.588. The maximum atomic E-state index is 12.6. The zero-order chi connectivity index (χ0) is 15.1. The van der Waals surface area contributed by atoms with Crippen LogP contribution < -0.4 is 4.90 Å². The van der Waals surface area contributed by atoms with Gasteiger partial charge < -0.3 is 15.1 Å². The Labute approximate surface area is 111 Å². The fourth-order valence-electron chi connectivity index (χ4n) is 1.93. The summed E-state index contributed by atoms with van der Waals surface area (Å²) < 4.78 is 37.7. The van der Waals surface area contributed by atoms with Gasteiger partial charge in [0.05, 0.1) is 36.1 Å². The molecular formula is C12H10F3NO4. The SMILES string of the molecule is O=C1C(=O)N(CC(O)CO)c2ccc(C(F)(F)F)cc21. The van der Waals surface area contributed by atoms with Gasteiger partial charge in [0.2, 0.25) is 0 Å². The summed E-state index contributed by atoms with van der Waals surface area (Å²) >= 11 is 0. The van der Waals surface area contributed by atoms with Crippen molar-refractivity contribution in [3.05, 3.63) is 29.3 Å². The zero-order valence-corrected chi connectivity index (χ0v) is 10.0. The Bertz CT molecular complexity index is 570. The molecule has 1 aliphatic rings. The molecule has 0 radical (unpaired) electrons. The number of nitrogens with zero attached hydrogens (tertiary/aromatic N) is 1. The largest absolute Gasteiger partial charge is 0.416 e. The van der Waals surface area contributed by atoms with Crippen molar-refractivity contribution in [3.8, 4) is 0 Å². The van der Waals surface area contributed by atoms with Crippen LogP contribution in [0.5, 0.6) is 0 Å². The van der Waals surface area contributed by atoms with Crippen molar-refractivity contribution in [3.63, 3.8) is 0 Å². The summed E-state index contributed by atoms with van der Waals surface area (Å²) in [5, 5.41) is 18.0. The van der Waals surface area contributed by atoms with Crippen LogP contribution >= 0.6 is 0 Å². The first-order chi connectivity index (χ1) is 9.25. The third-order valence-electron chi connectivity index (χ3n) is 2.90. The highest BCUT2D eigenvalue weighted by molar-refractivity contribution is 6.52. The second kappa shape index (κ2) is 4.88. The molecule has 0 aliphatic carbocycles. The van der Waals surface area contributed by atoms with Crippen molar-refractivity contribution in [1.82, 2.24) is 0 Å². The average molecular weight is 289 g/mol. The molecule has 5 nitrogen and oxygen atoms in total. The van der Waals surface area contributed by atoms with Gasteiger partial charge in [-0.25, -0.2) is 0 Å². The fourth-order valence-corrected chi connectivity index (χ4v) is 1.93. The Morgan fingerprint density at radius 1 is 1.25 bits per heavy atom. The highest BCUT2D eigenvalue weighted by atomic mass is 19.4. The molecule has 1 aromatic rings. The van der Waals surface area contributed by atoms with E-state index in [-0.39, 0.29) is 17.8 Å². The van der Waals surface area contributed by atoms with Gasteiger partial charge in [-0.3, -0.25) is 9.59 Å². The number of benzene rings is 1. The third kappa shape index (κ3) is 2.39. The number of aliphatic hydroxyl groups is 2. The van der Waals surface area contributed by atoms with Crippen molar-refractivity contribution < 1.29 is 33.0 Å². The smallest absolute Gasteiger partial charge is 0.394 e. The number of hydrogen-bond donors (Lipinski definition) is 2. The van der Waals surface area contributed by atoms with Gasteiger partial charge in [-0.1, -0.05) is 0 Å². The number of alkyl halides is 3. The van der Waals surface area contributed by atoms with Gasteiger partial charge in [0.15, 0.2) is 0 Å². The summed E-state index contributed by atoms with van der Waals surface area (Å²) in [6.45, 7) is -0.993. The van der Waals surface area contributed by atoms with Crippen LogP contribution in [-0.4, -0.2) is 41.2 Å². The molecule has 1 unspecified atom stereocenters. The van der Waals surface area contributed by atoms with E-state index >= 15 is 0 Å². The minimum Gasteiger partial charge on any atom is -0.394 e. The Morgan fingerprint density at radius 3 is 2.45 bits per heavy atom. The van der Waals surface area contributed by atoms with Gasteiger partial charge >= 0.3 is 6.18 Å². The van der Waals surface area contributed by atoms with E-state index in [4.69, 9.17) is 5.11 Å². The molecule has 1 aromatic carbocycles. The predicted molar refractivity (Wildman–Crippen MR) is 61.2 cm³/mol. The quantitative estimate of drug-likeness (QED) is 0.798. The lowest BCUT2D eigenvalue weighted by Crippen LogP contribution is -2.38. The van der Waals surface area contributed by atoms with Crippen molar-refractivity contribution in [2.75, 3.05) is 18.1 Å². The van der Waals surface area contributed by atoms with E-state index < -0.39 is 36.1 Å². The van der Waals surface area contributed by atoms with Crippen LogP contribution in [0.1, 0.15) is 15.9 Å². The molecule has 0 fully saturated rings. The Kier molecular flexibility index (Phi) is 3.53. The van der Waals surface area contributed by atoms with Crippen LogP contribution in [0.4, 0.5) is 18.9 Å². The molecule has 2 rings (SSSR count). The van der Waals surface area contributed by atoms with Gasteiger partial charge in [0, 0.05) is 0 Å². The first-order valence-electron chi connectivity index (χ1n) is 5.62. The van der Waals surface area contributed by atoms with Gasteiger partial charge in [-0.15, -0.1) is 0 Å². The molecule has 0 saturated carbocycles. The van der Waals surface area contributed by atoms with Crippen molar-refractivity contribution in [2.24, 2.45) is 0 Å². The van der Waals surface area contributed by atoms with Crippen molar-refractivity contribution in [2.45, 2.75) is 12.3 Å². The van der Waals surface area contributed by atoms with E-state index in [0.29, 0.717) is 6.07 Å². The fraction of sp³-hybridized carbons (Fsp3) is 0.333. The van der Waals surface area contributed by atoms with Crippen molar-refractivity contribution in [1.29, 1.82) is 0 Å². The Balaban J connectivity index is 2.42. The molecule has 0 saturated heterocycles. The Morgan fingerprint density at radius 2 is 1.90 bits per heavy atom. The summed E-state index contributed by atoms with van der Waals surface area (Å²) in [7, 11) is 0. The normalized spacial score (nSPS) is 16.6. The van der Waals surface area contributed by atoms with Crippen LogP contribution in [0.25, 0.3) is 0 Å². The van der Waals surface area contributed by atoms with E-state index in [2.05, 4.69) is 0 Å². The highest BCUT2D eigenvalue weighted by Gasteiger charge is 2.39. The first-order valence-corrected chi connectivity index (χ1v) is 5.62. The molecule has 0 spiro atoms. The lowest BCUT2D eigenvalue weighted by Gasteiger charge is -2.19. The molecule has 1 atom stereocenters. The van der Waals surface area contributed by atoms with Crippen LogP contribution in [-0.2, 0) is 11.0 Å². The topological polar surface area (TPSA) is 77.8 Å². The molecule has 2 N–H and O–H groups in total. The summed E-state index contributed by atoms with van der Waals surface area (Å²) in [6, 6.07) is 2.37. The first kappa shape index (κ1) is 14.5. The second-order valence-electron chi connectivity index (χ2n) is 4.31. The number of halogens is 3. The van der Waals surface area contributed by atoms with E-state index in [9.17, 15) is 27.9 Å². The van der Waals surface area contributed by atoms with Gasteiger partial charge in [-0.05, 0) is 18.2 Å². The molecule has 108 valence electrons. The Hall–Kier alpha value is -1.93. The average Bonchev–Trinajstić information content (AvgIpc) is 2.62.